The maximum atomic E-state index is 10.8. The molecule has 3 aromatic rings. The normalized spacial score (nSPS) is 10.8. The number of carbonyl (C=O) groups is 1. The molecule has 0 unspecified atom stereocenters. The molecule has 0 radical (unpaired) electrons. The van der Waals surface area contributed by atoms with Crippen LogP contribution in [0.15, 0.2) is 47.3 Å². The molecular weight excluding hydrogens is 230 g/mol. The van der Waals surface area contributed by atoms with Crippen molar-refractivity contribution >= 4 is 28.5 Å². The lowest BCUT2D eigenvalue weighted by Crippen LogP contribution is -1.96. The number of fused-ring (bicyclic) bond motifs is 1. The van der Waals surface area contributed by atoms with Gasteiger partial charge in [-0.25, -0.2) is 0 Å². The maximum Gasteiger partial charge on any atom is 0.150 e. The number of hydrogen-bond donors (Lipinski definition) is 0. The molecule has 0 fully saturated rings. The summed E-state index contributed by atoms with van der Waals surface area (Å²) >= 11 is 1.70. The Morgan fingerprint density at radius 3 is 2.94 bits per heavy atom. The van der Waals surface area contributed by atoms with Crippen LogP contribution < -0.4 is 0 Å². The van der Waals surface area contributed by atoms with Gasteiger partial charge in [-0.1, -0.05) is 12.1 Å². The lowest BCUT2D eigenvalue weighted by Gasteiger charge is -2.04. The second-order valence-electron chi connectivity index (χ2n) is 4.01. The lowest BCUT2D eigenvalue weighted by atomic mass is 10.2. The predicted molar refractivity (Wildman–Crippen MR) is 70.7 cm³/mol. The number of aromatic nitrogens is 1. The average molecular weight is 241 g/mol. The minimum Gasteiger partial charge on any atom is -0.343 e. The van der Waals surface area contributed by atoms with Crippen molar-refractivity contribution in [3.05, 3.63) is 58.4 Å². The molecule has 0 spiro atoms. The molecule has 0 aliphatic heterocycles. The van der Waals surface area contributed by atoms with E-state index in [4.69, 9.17) is 0 Å². The minimum absolute atomic E-state index is 0.725. The summed E-state index contributed by atoms with van der Waals surface area (Å²) in [5.74, 6) is 0. The van der Waals surface area contributed by atoms with E-state index in [1.165, 1.54) is 10.9 Å². The third-order valence-electron chi connectivity index (χ3n) is 2.87. The van der Waals surface area contributed by atoms with Gasteiger partial charge in [0.25, 0.3) is 0 Å². The van der Waals surface area contributed by atoms with E-state index in [1.807, 2.05) is 18.2 Å². The summed E-state index contributed by atoms with van der Waals surface area (Å²) < 4.78 is 2.17. The fourth-order valence-corrected chi connectivity index (χ4v) is 2.65. The molecule has 0 N–H and O–H groups in total. The van der Waals surface area contributed by atoms with Gasteiger partial charge in [0.2, 0.25) is 0 Å². The molecule has 3 heteroatoms. The summed E-state index contributed by atoms with van der Waals surface area (Å²) in [5.41, 5.74) is 3.13. The first-order valence-electron chi connectivity index (χ1n) is 5.42. The van der Waals surface area contributed by atoms with Crippen molar-refractivity contribution in [1.29, 1.82) is 0 Å². The number of benzene rings is 1. The Labute approximate surface area is 103 Å². The molecule has 0 aliphatic rings. The highest BCUT2D eigenvalue weighted by molar-refractivity contribution is 7.07. The maximum absolute atomic E-state index is 10.8. The van der Waals surface area contributed by atoms with E-state index in [2.05, 4.69) is 33.7 Å². The van der Waals surface area contributed by atoms with Crippen molar-refractivity contribution in [2.45, 2.75) is 6.54 Å². The number of thiophene rings is 1. The van der Waals surface area contributed by atoms with Crippen LogP contribution in [-0.2, 0) is 6.54 Å². The molecule has 0 saturated heterocycles. The quantitative estimate of drug-likeness (QED) is 0.643. The van der Waals surface area contributed by atoms with Crippen LogP contribution in [-0.4, -0.2) is 10.9 Å². The van der Waals surface area contributed by atoms with Crippen LogP contribution in [0.4, 0.5) is 0 Å². The van der Waals surface area contributed by atoms with Crippen LogP contribution in [0.3, 0.4) is 0 Å². The van der Waals surface area contributed by atoms with Crippen molar-refractivity contribution < 1.29 is 4.79 Å². The van der Waals surface area contributed by atoms with Gasteiger partial charge in [0.15, 0.2) is 0 Å². The van der Waals surface area contributed by atoms with Crippen molar-refractivity contribution in [3.63, 3.8) is 0 Å². The third kappa shape index (κ3) is 1.89. The zero-order valence-electron chi connectivity index (χ0n) is 9.17. The Kier molecular flexibility index (Phi) is 2.53. The molecule has 2 aromatic heterocycles. The summed E-state index contributed by atoms with van der Waals surface area (Å²) in [6.07, 6.45) is 2.96. The van der Waals surface area contributed by atoms with E-state index < -0.39 is 0 Å². The van der Waals surface area contributed by atoms with Crippen molar-refractivity contribution in [1.82, 2.24) is 4.57 Å². The predicted octanol–water partition coefficient (Wildman–Crippen LogP) is 3.56. The molecule has 2 heterocycles. The Hall–Kier alpha value is -1.87. The SMILES string of the molecule is O=Cc1ccc2ccn(Cc3ccsc3)c2c1. The fourth-order valence-electron chi connectivity index (χ4n) is 1.99. The Morgan fingerprint density at radius 2 is 2.18 bits per heavy atom. The summed E-state index contributed by atoms with van der Waals surface area (Å²) in [5, 5.41) is 5.40. The van der Waals surface area contributed by atoms with E-state index in [-0.39, 0.29) is 0 Å². The van der Waals surface area contributed by atoms with Crippen LogP contribution >= 0.6 is 11.3 Å². The van der Waals surface area contributed by atoms with Gasteiger partial charge in [0.05, 0.1) is 0 Å². The first-order chi connectivity index (χ1) is 8.36. The standard InChI is InChI=1S/C14H11NOS/c16-9-11-1-2-13-3-5-15(14(13)7-11)8-12-4-6-17-10-12/h1-7,9-10H,8H2. The van der Waals surface area contributed by atoms with Crippen LogP contribution in [0, 0.1) is 0 Å². The van der Waals surface area contributed by atoms with E-state index in [0.29, 0.717) is 0 Å². The third-order valence-corrected chi connectivity index (χ3v) is 3.60. The van der Waals surface area contributed by atoms with Gasteiger partial charge in [-0.05, 0) is 39.9 Å². The van der Waals surface area contributed by atoms with Gasteiger partial charge >= 0.3 is 0 Å². The number of hydrogen-bond acceptors (Lipinski definition) is 2. The van der Waals surface area contributed by atoms with Gasteiger partial charge in [0, 0.05) is 23.8 Å². The summed E-state index contributed by atoms with van der Waals surface area (Å²) in [7, 11) is 0. The number of carbonyl (C=O) groups excluding carboxylic acids is 1. The molecule has 0 bridgehead atoms. The molecule has 1 aromatic carbocycles. The summed E-state index contributed by atoms with van der Waals surface area (Å²) in [6, 6.07) is 9.98. The lowest BCUT2D eigenvalue weighted by molar-refractivity contribution is 0.112. The van der Waals surface area contributed by atoms with Crippen LogP contribution in [0.2, 0.25) is 0 Å². The van der Waals surface area contributed by atoms with Crippen molar-refractivity contribution in [3.8, 4) is 0 Å². The first-order valence-corrected chi connectivity index (χ1v) is 6.36. The van der Waals surface area contributed by atoms with E-state index >= 15 is 0 Å². The fraction of sp³-hybridized carbons (Fsp3) is 0.0714. The van der Waals surface area contributed by atoms with Gasteiger partial charge in [-0.3, -0.25) is 4.79 Å². The molecule has 84 valence electrons. The molecule has 0 atom stereocenters. The Morgan fingerprint density at radius 1 is 1.24 bits per heavy atom. The Balaban J connectivity index is 2.07. The zero-order chi connectivity index (χ0) is 11.7. The molecular formula is C14H11NOS. The van der Waals surface area contributed by atoms with E-state index in [0.717, 1.165) is 23.9 Å². The van der Waals surface area contributed by atoms with Crippen LogP contribution in [0.5, 0.6) is 0 Å². The molecule has 0 saturated carbocycles. The smallest absolute Gasteiger partial charge is 0.150 e. The van der Waals surface area contributed by atoms with Crippen molar-refractivity contribution in [2.24, 2.45) is 0 Å². The molecule has 2 nitrogen and oxygen atoms in total. The summed E-state index contributed by atoms with van der Waals surface area (Å²) in [6.45, 7) is 0.856. The average Bonchev–Trinajstić information content (AvgIpc) is 2.99. The number of aldehydes is 1. The minimum atomic E-state index is 0.725. The van der Waals surface area contributed by atoms with Gasteiger partial charge in [-0.2, -0.15) is 11.3 Å². The largest absolute Gasteiger partial charge is 0.343 e. The second kappa shape index (κ2) is 4.18. The second-order valence-corrected chi connectivity index (χ2v) is 4.79. The van der Waals surface area contributed by atoms with E-state index in [9.17, 15) is 4.79 Å². The topological polar surface area (TPSA) is 22.0 Å². The van der Waals surface area contributed by atoms with Crippen LogP contribution in [0.25, 0.3) is 10.9 Å². The molecule has 0 amide bonds. The van der Waals surface area contributed by atoms with Gasteiger partial charge in [-0.15, -0.1) is 0 Å². The highest BCUT2D eigenvalue weighted by Crippen LogP contribution is 2.19. The number of rotatable bonds is 3. The highest BCUT2D eigenvalue weighted by atomic mass is 32.1. The molecule has 0 aliphatic carbocycles. The summed E-state index contributed by atoms with van der Waals surface area (Å²) in [4.78, 5) is 10.8. The monoisotopic (exact) mass is 241 g/mol. The van der Waals surface area contributed by atoms with E-state index in [1.54, 1.807) is 11.3 Å². The molecule has 3 rings (SSSR count). The van der Waals surface area contributed by atoms with Gasteiger partial charge in [0.1, 0.15) is 6.29 Å². The highest BCUT2D eigenvalue weighted by Gasteiger charge is 2.03. The number of nitrogens with zero attached hydrogens (tertiary/aromatic N) is 1. The molecule has 17 heavy (non-hydrogen) atoms. The Bertz CT molecular complexity index is 652. The van der Waals surface area contributed by atoms with Crippen molar-refractivity contribution in [2.75, 3.05) is 0 Å². The zero-order valence-corrected chi connectivity index (χ0v) is 9.98. The van der Waals surface area contributed by atoms with Gasteiger partial charge < -0.3 is 4.57 Å². The first kappa shape index (κ1) is 10.3. The van der Waals surface area contributed by atoms with Crippen LogP contribution in [0.1, 0.15) is 15.9 Å².